The maximum absolute atomic E-state index is 10.4. The predicted octanol–water partition coefficient (Wildman–Crippen LogP) is -1.46. The standard InChI is InChI=1S/CH3FO3/c2-1(3,4)5/h3-5H. The molecular formula is CH3FO3. The van der Waals surface area contributed by atoms with Crippen LogP contribution in [0.15, 0.2) is 0 Å². The van der Waals surface area contributed by atoms with Crippen LogP contribution in [0.2, 0.25) is 0 Å². The van der Waals surface area contributed by atoms with Crippen molar-refractivity contribution in [1.29, 1.82) is 0 Å². The van der Waals surface area contributed by atoms with E-state index in [4.69, 9.17) is 15.3 Å². The summed E-state index contributed by atoms with van der Waals surface area (Å²) in [4.78, 5) is 0. The molecule has 3 nitrogen and oxygen atoms in total. The molecule has 0 radical (unpaired) electrons. The summed E-state index contributed by atoms with van der Waals surface area (Å²) < 4.78 is 10.4. The first-order valence-corrected chi connectivity index (χ1v) is 0.860. The van der Waals surface area contributed by atoms with Gasteiger partial charge in [0, 0.05) is 0 Å². The quantitative estimate of drug-likeness (QED) is 0.313. The fourth-order valence-corrected chi connectivity index (χ4v) is 0. The third-order valence-corrected chi connectivity index (χ3v) is 0. The minimum atomic E-state index is -4.00. The number of aliphatic hydroxyl groups is 3. The minimum Gasteiger partial charge on any atom is -0.316 e. The Kier molecular flexibility index (Phi) is 0.857. The Labute approximate surface area is 27.3 Å². The minimum absolute atomic E-state index is 4.00. The molecule has 0 aliphatic rings. The molecule has 0 aromatic heterocycles. The number of halogens is 1. The van der Waals surface area contributed by atoms with Gasteiger partial charge in [0.2, 0.25) is 0 Å². The van der Waals surface area contributed by atoms with Crippen LogP contribution in [0.3, 0.4) is 0 Å². The lowest BCUT2D eigenvalue weighted by atomic mass is 11.3. The molecule has 0 unspecified atom stereocenters. The van der Waals surface area contributed by atoms with Crippen LogP contribution >= 0.6 is 0 Å². The van der Waals surface area contributed by atoms with E-state index in [2.05, 4.69) is 0 Å². The van der Waals surface area contributed by atoms with Gasteiger partial charge in [-0.2, -0.15) is 4.39 Å². The lowest BCUT2D eigenvalue weighted by Crippen LogP contribution is -2.18. The van der Waals surface area contributed by atoms with Gasteiger partial charge in [0.25, 0.3) is 0 Å². The average molecular weight is 82.0 g/mol. The Morgan fingerprint density at radius 1 is 1.20 bits per heavy atom. The molecule has 0 aromatic carbocycles. The first-order valence-electron chi connectivity index (χ1n) is 0.860. The number of hydrogen-bond donors (Lipinski definition) is 3. The normalized spacial score (nSPS) is 12.0. The Bertz CT molecular complexity index is 22.4. The van der Waals surface area contributed by atoms with Crippen molar-refractivity contribution in [2.75, 3.05) is 0 Å². The summed E-state index contributed by atoms with van der Waals surface area (Å²) in [6.07, 6.45) is -4.00. The van der Waals surface area contributed by atoms with Gasteiger partial charge in [-0.3, -0.25) is 0 Å². The highest BCUT2D eigenvalue weighted by atomic mass is 19.2. The summed E-state index contributed by atoms with van der Waals surface area (Å²) in [5.74, 6) is 0. The van der Waals surface area contributed by atoms with Crippen LogP contribution in [0, 0.1) is 0 Å². The second kappa shape index (κ2) is 0.891. The monoisotopic (exact) mass is 82.0 g/mol. The lowest BCUT2D eigenvalue weighted by Gasteiger charge is -1.95. The van der Waals surface area contributed by atoms with E-state index in [1.54, 1.807) is 0 Å². The molecule has 4 heteroatoms. The van der Waals surface area contributed by atoms with E-state index in [1.807, 2.05) is 0 Å². The van der Waals surface area contributed by atoms with Crippen molar-refractivity contribution >= 4 is 0 Å². The second-order valence-electron chi connectivity index (χ2n) is 0.554. The summed E-state index contributed by atoms with van der Waals surface area (Å²) in [7, 11) is 0. The molecule has 0 saturated carbocycles. The fourth-order valence-electron chi connectivity index (χ4n) is 0. The highest BCUT2D eigenvalue weighted by molar-refractivity contribution is 4.02. The van der Waals surface area contributed by atoms with E-state index in [-0.39, 0.29) is 0 Å². The molecule has 5 heavy (non-hydrogen) atoms. The van der Waals surface area contributed by atoms with Gasteiger partial charge in [0.1, 0.15) is 0 Å². The van der Waals surface area contributed by atoms with Gasteiger partial charge in [-0.05, 0) is 0 Å². The molecule has 32 valence electrons. The molecular weight excluding hydrogens is 79.0 g/mol. The zero-order valence-corrected chi connectivity index (χ0v) is 2.22. The Balaban J connectivity index is 3.02. The predicted molar refractivity (Wildman–Crippen MR) is 10.5 cm³/mol. The summed E-state index contributed by atoms with van der Waals surface area (Å²) in [6.45, 7) is 0. The van der Waals surface area contributed by atoms with Crippen LogP contribution in [0.25, 0.3) is 0 Å². The molecule has 0 amide bonds. The lowest BCUT2D eigenvalue weighted by molar-refractivity contribution is -0.393. The molecule has 0 saturated heterocycles. The van der Waals surface area contributed by atoms with E-state index < -0.39 is 6.23 Å². The third-order valence-electron chi connectivity index (χ3n) is 0. The maximum Gasteiger partial charge on any atom is 0.441 e. The number of rotatable bonds is 0. The molecule has 0 atom stereocenters. The van der Waals surface area contributed by atoms with Crippen LogP contribution < -0.4 is 0 Å². The maximum atomic E-state index is 10.4. The van der Waals surface area contributed by atoms with E-state index in [0.29, 0.717) is 0 Å². The van der Waals surface area contributed by atoms with Crippen molar-refractivity contribution in [2.24, 2.45) is 0 Å². The highest BCUT2D eigenvalue weighted by Crippen LogP contribution is 1.87. The van der Waals surface area contributed by atoms with Gasteiger partial charge in [-0.1, -0.05) is 0 Å². The van der Waals surface area contributed by atoms with E-state index in [1.165, 1.54) is 0 Å². The molecule has 0 aliphatic carbocycles. The molecule has 0 bridgehead atoms. The van der Waals surface area contributed by atoms with Gasteiger partial charge in [-0.15, -0.1) is 0 Å². The van der Waals surface area contributed by atoms with Gasteiger partial charge in [0.05, 0.1) is 0 Å². The second-order valence-corrected chi connectivity index (χ2v) is 0.554. The zero-order chi connectivity index (χ0) is 4.50. The van der Waals surface area contributed by atoms with Crippen LogP contribution in [0.5, 0.6) is 0 Å². The smallest absolute Gasteiger partial charge is 0.316 e. The zero-order valence-electron chi connectivity index (χ0n) is 2.22. The summed E-state index contributed by atoms with van der Waals surface area (Å²) in [5.41, 5.74) is 0. The first-order chi connectivity index (χ1) is 2.00. The first kappa shape index (κ1) is 4.81. The summed E-state index contributed by atoms with van der Waals surface area (Å²) in [5, 5.41) is 20.9. The average Bonchev–Trinajstić information content (AvgIpc) is 0.722. The van der Waals surface area contributed by atoms with Crippen molar-refractivity contribution in [3.8, 4) is 0 Å². The molecule has 0 aliphatic heterocycles. The van der Waals surface area contributed by atoms with Crippen molar-refractivity contribution in [3.05, 3.63) is 0 Å². The summed E-state index contributed by atoms with van der Waals surface area (Å²) in [6, 6.07) is 0. The number of hydrogen-bond acceptors (Lipinski definition) is 3. The van der Waals surface area contributed by atoms with Gasteiger partial charge < -0.3 is 15.3 Å². The van der Waals surface area contributed by atoms with E-state index >= 15 is 0 Å². The van der Waals surface area contributed by atoms with Gasteiger partial charge in [-0.25, -0.2) is 0 Å². The topological polar surface area (TPSA) is 60.7 Å². The van der Waals surface area contributed by atoms with Crippen LogP contribution in [-0.2, 0) is 0 Å². The molecule has 0 spiro atoms. The fraction of sp³-hybridized carbons (Fsp3) is 1.00. The van der Waals surface area contributed by atoms with Crippen molar-refractivity contribution in [3.63, 3.8) is 0 Å². The van der Waals surface area contributed by atoms with Crippen LogP contribution in [0.1, 0.15) is 0 Å². The largest absolute Gasteiger partial charge is 0.441 e. The Morgan fingerprint density at radius 3 is 1.20 bits per heavy atom. The Hall–Kier alpha value is -0.190. The third kappa shape index (κ3) is 346. The highest BCUT2D eigenvalue weighted by Gasteiger charge is 2.12. The molecule has 0 aromatic rings. The molecule has 0 fully saturated rings. The van der Waals surface area contributed by atoms with E-state index in [0.717, 1.165) is 0 Å². The summed E-state index contributed by atoms with van der Waals surface area (Å²) >= 11 is 0. The van der Waals surface area contributed by atoms with Crippen molar-refractivity contribution in [2.45, 2.75) is 6.23 Å². The molecule has 0 heterocycles. The SMILES string of the molecule is OC(O)(O)F. The molecule has 3 N–H and O–H groups in total. The van der Waals surface area contributed by atoms with Gasteiger partial charge in [0.15, 0.2) is 0 Å². The van der Waals surface area contributed by atoms with Crippen molar-refractivity contribution < 1.29 is 19.7 Å². The number of alkyl halides is 1. The van der Waals surface area contributed by atoms with Crippen LogP contribution in [-0.4, -0.2) is 21.5 Å². The van der Waals surface area contributed by atoms with Gasteiger partial charge >= 0.3 is 6.23 Å². The van der Waals surface area contributed by atoms with E-state index in [9.17, 15) is 4.39 Å². The van der Waals surface area contributed by atoms with Crippen molar-refractivity contribution in [1.82, 2.24) is 0 Å². The van der Waals surface area contributed by atoms with Crippen LogP contribution in [0.4, 0.5) is 4.39 Å². The Morgan fingerprint density at radius 2 is 1.20 bits per heavy atom. The molecule has 0 rings (SSSR count).